The average Bonchev–Trinajstić information content (AvgIpc) is 2.98. The molecule has 1 aliphatic rings. The van der Waals surface area contributed by atoms with Crippen molar-refractivity contribution in [2.75, 3.05) is 18.2 Å². The first kappa shape index (κ1) is 19.1. The normalized spacial score (nSPS) is 15.4. The van der Waals surface area contributed by atoms with Crippen molar-refractivity contribution < 1.29 is 14.3 Å². The van der Waals surface area contributed by atoms with Crippen molar-refractivity contribution in [2.45, 2.75) is 38.6 Å². The van der Waals surface area contributed by atoms with Crippen molar-refractivity contribution in [3.05, 3.63) is 18.2 Å². The van der Waals surface area contributed by atoms with Gasteiger partial charge in [-0.25, -0.2) is 0 Å². The van der Waals surface area contributed by atoms with E-state index in [1.807, 2.05) is 0 Å². The lowest BCUT2D eigenvalue weighted by atomic mass is 9.97. The Bertz CT molecular complexity index is 560. The van der Waals surface area contributed by atoms with Crippen molar-refractivity contribution in [3.63, 3.8) is 0 Å². The summed E-state index contributed by atoms with van der Waals surface area (Å²) < 4.78 is 5.09. The van der Waals surface area contributed by atoms with Crippen LogP contribution in [0.25, 0.3) is 0 Å². The summed E-state index contributed by atoms with van der Waals surface area (Å²) in [5, 5.41) is 5.60. The highest BCUT2D eigenvalue weighted by Crippen LogP contribution is 2.29. The molecule has 0 spiro atoms. The molecular formula is C16H24ClN3O3. The number of anilines is 2. The number of hydrogen-bond donors (Lipinski definition) is 3. The van der Waals surface area contributed by atoms with Crippen LogP contribution in [0, 0.1) is 5.92 Å². The Hall–Kier alpha value is -1.95. The number of hydrogen-bond acceptors (Lipinski definition) is 4. The molecule has 1 aromatic rings. The molecule has 2 rings (SSSR count). The number of amides is 2. The van der Waals surface area contributed by atoms with Crippen molar-refractivity contribution in [1.29, 1.82) is 0 Å². The number of benzene rings is 1. The fourth-order valence-corrected chi connectivity index (χ4v) is 2.94. The summed E-state index contributed by atoms with van der Waals surface area (Å²) in [5.74, 6) is 0.361. The van der Waals surface area contributed by atoms with Crippen molar-refractivity contribution in [1.82, 2.24) is 5.32 Å². The molecule has 1 saturated carbocycles. The standard InChI is InChI=1S/C16H23N3O3.ClH/c1-10(20)18-15(11-5-3-4-6-11)16(21)19-12-7-8-14(22-2)13(17)9-12;/h7-9,11,15H,3-6,17H2,1-2H3,(H,18,20)(H,19,21);1H. The maximum Gasteiger partial charge on any atom is 0.247 e. The van der Waals surface area contributed by atoms with E-state index in [1.165, 1.54) is 14.0 Å². The molecular weight excluding hydrogens is 318 g/mol. The van der Waals surface area contributed by atoms with Crippen LogP contribution < -0.4 is 21.1 Å². The van der Waals surface area contributed by atoms with E-state index in [9.17, 15) is 9.59 Å². The van der Waals surface area contributed by atoms with Crippen molar-refractivity contribution >= 4 is 35.6 Å². The molecule has 128 valence electrons. The summed E-state index contributed by atoms with van der Waals surface area (Å²) in [6.07, 6.45) is 4.12. The van der Waals surface area contributed by atoms with Crippen molar-refractivity contribution in [2.24, 2.45) is 5.92 Å². The Morgan fingerprint density at radius 3 is 2.48 bits per heavy atom. The summed E-state index contributed by atoms with van der Waals surface area (Å²) in [7, 11) is 1.54. The number of carbonyl (C=O) groups excluding carboxylic acids is 2. The van der Waals surface area contributed by atoms with Gasteiger partial charge in [0.1, 0.15) is 11.8 Å². The first-order valence-electron chi connectivity index (χ1n) is 7.52. The Balaban J connectivity index is 0.00000264. The molecule has 0 heterocycles. The minimum Gasteiger partial charge on any atom is -0.495 e. The van der Waals surface area contributed by atoms with Gasteiger partial charge in [-0.2, -0.15) is 0 Å². The lowest BCUT2D eigenvalue weighted by molar-refractivity contribution is -0.126. The van der Waals surface area contributed by atoms with Gasteiger partial charge < -0.3 is 21.1 Å². The fourth-order valence-electron chi connectivity index (χ4n) is 2.94. The number of ether oxygens (including phenoxy) is 1. The second-order valence-electron chi connectivity index (χ2n) is 5.67. The van der Waals surface area contributed by atoms with Crippen LogP contribution >= 0.6 is 12.4 Å². The molecule has 1 aliphatic carbocycles. The third-order valence-corrected chi connectivity index (χ3v) is 4.01. The van der Waals surface area contributed by atoms with Gasteiger partial charge in [0.25, 0.3) is 0 Å². The van der Waals surface area contributed by atoms with Gasteiger partial charge in [0.2, 0.25) is 11.8 Å². The first-order valence-corrected chi connectivity index (χ1v) is 7.52. The van der Waals surface area contributed by atoms with E-state index in [4.69, 9.17) is 10.5 Å². The van der Waals surface area contributed by atoms with E-state index in [-0.39, 0.29) is 30.1 Å². The van der Waals surface area contributed by atoms with Crippen LogP contribution in [0.1, 0.15) is 32.6 Å². The van der Waals surface area contributed by atoms with E-state index in [0.29, 0.717) is 17.1 Å². The van der Waals surface area contributed by atoms with E-state index >= 15 is 0 Å². The van der Waals surface area contributed by atoms with Crippen LogP contribution in [0.4, 0.5) is 11.4 Å². The number of nitrogen functional groups attached to an aromatic ring is 1. The lowest BCUT2D eigenvalue weighted by Crippen LogP contribution is -2.47. The van der Waals surface area contributed by atoms with Gasteiger partial charge in [-0.3, -0.25) is 9.59 Å². The SMILES string of the molecule is COc1ccc(NC(=O)C(NC(C)=O)C2CCCC2)cc1N.Cl. The topological polar surface area (TPSA) is 93.5 Å². The molecule has 7 heteroatoms. The van der Waals surface area contributed by atoms with Gasteiger partial charge >= 0.3 is 0 Å². The predicted molar refractivity (Wildman–Crippen MR) is 92.8 cm³/mol. The summed E-state index contributed by atoms with van der Waals surface area (Å²) in [4.78, 5) is 23.9. The zero-order valence-corrected chi connectivity index (χ0v) is 14.2. The van der Waals surface area contributed by atoms with Crippen LogP contribution in [0.3, 0.4) is 0 Å². The lowest BCUT2D eigenvalue weighted by Gasteiger charge is -2.23. The minimum absolute atomic E-state index is 0. The Morgan fingerprint density at radius 2 is 1.96 bits per heavy atom. The predicted octanol–water partition coefficient (Wildman–Crippen LogP) is 2.33. The molecule has 1 aromatic carbocycles. The zero-order valence-electron chi connectivity index (χ0n) is 13.4. The van der Waals surface area contributed by atoms with Gasteiger partial charge in [-0.1, -0.05) is 12.8 Å². The summed E-state index contributed by atoms with van der Waals surface area (Å²) >= 11 is 0. The van der Waals surface area contributed by atoms with Gasteiger partial charge in [0.05, 0.1) is 12.8 Å². The second kappa shape index (κ2) is 8.62. The molecule has 1 atom stereocenters. The highest BCUT2D eigenvalue weighted by Gasteiger charge is 2.31. The molecule has 4 N–H and O–H groups in total. The molecule has 6 nitrogen and oxygen atoms in total. The Kier molecular flexibility index (Phi) is 7.16. The number of rotatable bonds is 5. The Labute approximate surface area is 142 Å². The molecule has 23 heavy (non-hydrogen) atoms. The van der Waals surface area contributed by atoms with Gasteiger partial charge in [-0.15, -0.1) is 12.4 Å². The summed E-state index contributed by atoms with van der Waals surface area (Å²) in [5.41, 5.74) is 6.89. The highest BCUT2D eigenvalue weighted by atomic mass is 35.5. The van der Waals surface area contributed by atoms with Crippen LogP contribution in [-0.2, 0) is 9.59 Å². The smallest absolute Gasteiger partial charge is 0.247 e. The summed E-state index contributed by atoms with van der Waals surface area (Å²) in [6.45, 7) is 1.43. The number of carbonyl (C=O) groups is 2. The minimum atomic E-state index is -0.497. The van der Waals surface area contributed by atoms with Gasteiger partial charge in [0.15, 0.2) is 0 Å². The number of nitrogens with two attached hydrogens (primary N) is 1. The first-order chi connectivity index (χ1) is 10.5. The highest BCUT2D eigenvalue weighted by molar-refractivity contribution is 5.97. The number of methoxy groups -OCH3 is 1. The molecule has 0 aliphatic heterocycles. The third-order valence-electron chi connectivity index (χ3n) is 4.01. The Morgan fingerprint density at radius 1 is 1.30 bits per heavy atom. The largest absolute Gasteiger partial charge is 0.495 e. The maximum absolute atomic E-state index is 12.5. The van der Waals surface area contributed by atoms with Crippen LogP contribution in [0.15, 0.2) is 18.2 Å². The summed E-state index contributed by atoms with van der Waals surface area (Å²) in [6, 6.07) is 4.58. The molecule has 0 bridgehead atoms. The third kappa shape index (κ3) is 5.03. The quantitative estimate of drug-likeness (QED) is 0.716. The van der Waals surface area contributed by atoms with Crippen LogP contribution in [-0.4, -0.2) is 25.0 Å². The van der Waals surface area contributed by atoms with Crippen LogP contribution in [0.2, 0.25) is 0 Å². The van der Waals surface area contributed by atoms with Crippen LogP contribution in [0.5, 0.6) is 5.75 Å². The van der Waals surface area contributed by atoms with E-state index < -0.39 is 6.04 Å². The fraction of sp³-hybridized carbons (Fsp3) is 0.500. The number of nitrogens with one attached hydrogen (secondary N) is 2. The molecule has 0 radical (unpaired) electrons. The average molecular weight is 342 g/mol. The zero-order chi connectivity index (χ0) is 16.1. The molecule has 1 unspecified atom stereocenters. The molecule has 1 fully saturated rings. The maximum atomic E-state index is 12.5. The monoisotopic (exact) mass is 341 g/mol. The number of halogens is 1. The van der Waals surface area contributed by atoms with Gasteiger partial charge in [-0.05, 0) is 37.0 Å². The molecule has 0 aromatic heterocycles. The van der Waals surface area contributed by atoms with E-state index in [2.05, 4.69) is 10.6 Å². The molecule has 2 amide bonds. The second-order valence-corrected chi connectivity index (χ2v) is 5.67. The van der Waals surface area contributed by atoms with Gasteiger partial charge in [0, 0.05) is 12.6 Å². The van der Waals surface area contributed by atoms with E-state index in [1.54, 1.807) is 18.2 Å². The van der Waals surface area contributed by atoms with Crippen molar-refractivity contribution in [3.8, 4) is 5.75 Å². The molecule has 0 saturated heterocycles. The van der Waals surface area contributed by atoms with E-state index in [0.717, 1.165) is 25.7 Å².